The highest BCUT2D eigenvalue weighted by Crippen LogP contribution is 1.96. The molecule has 1 aromatic rings. The molecule has 0 amide bonds. The zero-order valence-corrected chi connectivity index (χ0v) is 4.97. The first-order chi connectivity index (χ1) is 4.61. The van der Waals surface area contributed by atoms with Crippen molar-refractivity contribution >= 4 is 11.5 Å². The summed E-state index contributed by atoms with van der Waals surface area (Å²) >= 11 is 0. The summed E-state index contributed by atoms with van der Waals surface area (Å²) in [5.41, 5.74) is 8.74. The summed E-state index contributed by atoms with van der Waals surface area (Å²) < 4.78 is 0. The first-order valence-corrected chi connectivity index (χ1v) is 2.49. The van der Waals surface area contributed by atoms with Gasteiger partial charge in [0.2, 0.25) is 0 Å². The highest BCUT2D eigenvalue weighted by atomic mass is 16.3. The Balaban J connectivity index is 3.62. The lowest BCUT2D eigenvalue weighted by Crippen LogP contribution is -2.26. The Morgan fingerprint density at radius 2 is 1.70 bits per heavy atom. The number of aromatic amines is 2. The largest absolute Gasteiger partial charge is 0.391 e. The van der Waals surface area contributed by atoms with E-state index >= 15 is 0 Å². The lowest BCUT2D eigenvalue weighted by Gasteiger charge is -1.93. The lowest BCUT2D eigenvalue weighted by atomic mass is 10.5. The normalized spacial score (nSPS) is 9.60. The van der Waals surface area contributed by atoms with Gasteiger partial charge in [-0.1, -0.05) is 0 Å². The van der Waals surface area contributed by atoms with Gasteiger partial charge in [0.15, 0.2) is 0 Å². The first-order valence-electron chi connectivity index (χ1n) is 2.49. The number of nitrogens with one attached hydrogen (secondary N) is 2. The Morgan fingerprint density at radius 3 is 2.20 bits per heavy atom. The number of nitrogens with two attached hydrogens (primary N) is 2. The number of nitrogen functional groups attached to an aromatic ring is 2. The van der Waals surface area contributed by atoms with E-state index < -0.39 is 11.2 Å². The summed E-state index contributed by atoms with van der Waals surface area (Å²) in [5, 5.41) is 0. The third kappa shape index (κ3) is 0.859. The van der Waals surface area contributed by atoms with E-state index in [2.05, 4.69) is 4.98 Å². The predicted octanol–water partition coefficient (Wildman–Crippen LogP) is -1.77. The van der Waals surface area contributed by atoms with Crippen LogP contribution in [-0.4, -0.2) is 9.97 Å². The maximum absolute atomic E-state index is 10.6. The topological polar surface area (TPSA) is 118 Å². The highest BCUT2D eigenvalue weighted by Gasteiger charge is 1.98. The summed E-state index contributed by atoms with van der Waals surface area (Å²) in [4.78, 5) is 25.0. The Hall–Kier alpha value is -1.72. The van der Waals surface area contributed by atoms with Gasteiger partial charge in [-0.15, -0.1) is 0 Å². The third-order valence-corrected chi connectivity index (χ3v) is 1.01. The maximum Gasteiger partial charge on any atom is 0.327 e. The molecule has 6 heteroatoms. The molecule has 0 spiro atoms. The van der Waals surface area contributed by atoms with Crippen molar-refractivity contribution in [3.05, 3.63) is 20.8 Å². The molecule has 0 atom stereocenters. The number of hydrogen-bond donors (Lipinski definition) is 4. The molecule has 54 valence electrons. The van der Waals surface area contributed by atoms with Gasteiger partial charge < -0.3 is 11.5 Å². The lowest BCUT2D eigenvalue weighted by molar-refractivity contribution is 1.05. The SMILES string of the molecule is Nc1[15nH][13c](=O)[15nH]c(=O)c1N. The summed E-state index contributed by atoms with van der Waals surface area (Å²) in [6.45, 7) is 0. The van der Waals surface area contributed by atoms with Gasteiger partial charge in [0.25, 0.3) is 5.56 Å². The molecule has 0 aromatic carbocycles. The fourth-order valence-electron chi connectivity index (χ4n) is 0.514. The average molecular weight is 145 g/mol. The second kappa shape index (κ2) is 1.90. The fraction of sp³-hybridized carbons (Fsp3) is 0. The van der Waals surface area contributed by atoms with Crippen molar-refractivity contribution in [1.29, 1.82) is 0 Å². The minimum absolute atomic E-state index is 0.103. The van der Waals surface area contributed by atoms with E-state index in [-0.39, 0.29) is 11.5 Å². The van der Waals surface area contributed by atoms with Gasteiger partial charge in [-0.3, -0.25) is 14.8 Å². The number of hydrogen-bond acceptors (Lipinski definition) is 4. The van der Waals surface area contributed by atoms with Crippen LogP contribution >= 0.6 is 0 Å². The summed E-state index contributed by atoms with van der Waals surface area (Å²) in [6, 6.07) is 0. The first kappa shape index (κ1) is 6.40. The Kier molecular flexibility index (Phi) is 1.22. The number of aromatic nitrogens is 2. The van der Waals surface area contributed by atoms with Crippen LogP contribution in [-0.2, 0) is 0 Å². The van der Waals surface area contributed by atoms with Crippen molar-refractivity contribution in [2.45, 2.75) is 0 Å². The van der Waals surface area contributed by atoms with Crippen molar-refractivity contribution in [2.75, 3.05) is 11.5 Å². The number of rotatable bonds is 0. The summed E-state index contributed by atoms with van der Waals surface area (Å²) in [7, 11) is 0. The standard InChI is InChI=1S/C4H6N4O2/c5-1-2(6)7-4(10)8-3(1)9/h5H2,(H4,6,7,8,9,10)/i4+1,7+1,8+1. The van der Waals surface area contributed by atoms with E-state index in [4.69, 9.17) is 11.5 Å². The molecule has 10 heavy (non-hydrogen) atoms. The summed E-state index contributed by atoms with van der Waals surface area (Å²) in [5.74, 6) is -0.103. The average Bonchev–Trinajstić information content (AvgIpc) is 1.82. The molecule has 1 rings (SSSR count). The zero-order valence-electron chi connectivity index (χ0n) is 4.97. The quantitative estimate of drug-likeness (QED) is 0.345. The Labute approximate surface area is 54.9 Å². The molecule has 1 aromatic heterocycles. The molecule has 0 aliphatic heterocycles. The molecule has 0 saturated heterocycles. The van der Waals surface area contributed by atoms with Gasteiger partial charge in [-0.2, -0.15) is 0 Å². The molecule has 6 nitrogen and oxygen atoms in total. The second-order valence-electron chi connectivity index (χ2n) is 1.74. The molecular formula is C4H6N4O2. The minimum Gasteiger partial charge on any atom is -0.391 e. The molecule has 6 N–H and O–H groups in total. The van der Waals surface area contributed by atoms with Crippen LogP contribution in [0.15, 0.2) is 9.59 Å². The molecule has 0 bridgehead atoms. The van der Waals surface area contributed by atoms with Crippen molar-refractivity contribution in [2.24, 2.45) is 0 Å². The van der Waals surface area contributed by atoms with Crippen LogP contribution in [0, 0.1) is 0 Å². The van der Waals surface area contributed by atoms with E-state index in [1.807, 2.05) is 4.98 Å². The summed E-state index contributed by atoms with van der Waals surface area (Å²) in [6.07, 6.45) is 0. The van der Waals surface area contributed by atoms with E-state index in [1.165, 1.54) is 0 Å². The van der Waals surface area contributed by atoms with Crippen molar-refractivity contribution in [1.82, 2.24) is 9.97 Å². The van der Waals surface area contributed by atoms with Gasteiger partial charge in [-0.25, -0.2) is 4.79 Å². The molecule has 0 saturated carbocycles. The molecule has 0 aliphatic rings. The van der Waals surface area contributed by atoms with Crippen molar-refractivity contribution in [3.63, 3.8) is 0 Å². The van der Waals surface area contributed by atoms with E-state index in [0.29, 0.717) is 0 Å². The highest BCUT2D eigenvalue weighted by molar-refractivity contribution is 5.55. The predicted molar refractivity (Wildman–Crippen MR) is 36.5 cm³/mol. The molecule has 0 unspecified atom stereocenters. The molecule has 0 aliphatic carbocycles. The van der Waals surface area contributed by atoms with Crippen LogP contribution < -0.4 is 22.7 Å². The van der Waals surface area contributed by atoms with Crippen LogP contribution in [0.4, 0.5) is 11.5 Å². The number of H-pyrrole nitrogens is 2. The molecule has 0 fully saturated rings. The monoisotopic (exact) mass is 145 g/mol. The Bertz CT molecular complexity index is 349. The van der Waals surface area contributed by atoms with Gasteiger partial charge in [0, 0.05) is 0 Å². The molecule has 1 heterocycles. The smallest absolute Gasteiger partial charge is 0.327 e. The van der Waals surface area contributed by atoms with Crippen LogP contribution in [0.3, 0.4) is 0 Å². The van der Waals surface area contributed by atoms with Crippen LogP contribution in [0.2, 0.25) is 0 Å². The van der Waals surface area contributed by atoms with Gasteiger partial charge in [0.1, 0.15) is 11.5 Å². The minimum atomic E-state index is -0.666. The van der Waals surface area contributed by atoms with Crippen molar-refractivity contribution < 1.29 is 0 Å². The van der Waals surface area contributed by atoms with Crippen LogP contribution in [0.5, 0.6) is 0 Å². The van der Waals surface area contributed by atoms with Gasteiger partial charge >= 0.3 is 5.69 Å². The van der Waals surface area contributed by atoms with E-state index in [9.17, 15) is 9.59 Å². The second-order valence-corrected chi connectivity index (χ2v) is 1.74. The fourth-order valence-corrected chi connectivity index (χ4v) is 0.514. The number of anilines is 2. The van der Waals surface area contributed by atoms with Gasteiger partial charge in [0.05, 0.1) is 0 Å². The third-order valence-electron chi connectivity index (χ3n) is 1.01. The van der Waals surface area contributed by atoms with E-state index in [0.717, 1.165) is 0 Å². The van der Waals surface area contributed by atoms with Crippen molar-refractivity contribution in [3.8, 4) is 0 Å². The molecule has 0 radical (unpaired) electrons. The van der Waals surface area contributed by atoms with Crippen LogP contribution in [0.1, 0.15) is 0 Å². The zero-order chi connectivity index (χ0) is 7.72. The Morgan fingerprint density at radius 1 is 1.10 bits per heavy atom. The van der Waals surface area contributed by atoms with Crippen LogP contribution in [0.25, 0.3) is 0 Å². The molecular weight excluding hydrogens is 139 g/mol. The maximum atomic E-state index is 10.6. The van der Waals surface area contributed by atoms with E-state index in [1.54, 1.807) is 0 Å². The van der Waals surface area contributed by atoms with Gasteiger partial charge in [-0.05, 0) is 0 Å².